The normalized spacial score (nSPS) is 13.8. The molecule has 0 aliphatic heterocycles. The van der Waals surface area contributed by atoms with Gasteiger partial charge < -0.3 is 15.2 Å². The smallest absolute Gasteiger partial charge is 0.303 e. The lowest BCUT2D eigenvalue weighted by molar-refractivity contribution is -0.137. The van der Waals surface area contributed by atoms with E-state index in [1.807, 2.05) is 20.8 Å². The van der Waals surface area contributed by atoms with Crippen molar-refractivity contribution < 1.29 is 14.7 Å². The van der Waals surface area contributed by atoms with Crippen molar-refractivity contribution >= 4 is 12.3 Å². The van der Waals surface area contributed by atoms with Gasteiger partial charge in [0, 0.05) is 12.0 Å². The number of carboxylic acids is 1. The van der Waals surface area contributed by atoms with Crippen LogP contribution in [0.15, 0.2) is 0 Å². The molecule has 2 N–H and O–H groups in total. The van der Waals surface area contributed by atoms with Gasteiger partial charge in [0.2, 0.25) is 0 Å². The number of aldehydes is 1. The van der Waals surface area contributed by atoms with Crippen LogP contribution < -0.4 is 5.32 Å². The van der Waals surface area contributed by atoms with Gasteiger partial charge >= 0.3 is 5.97 Å². The predicted octanol–water partition coefficient (Wildman–Crippen LogP) is 0.807. The van der Waals surface area contributed by atoms with Gasteiger partial charge in [0.15, 0.2) is 0 Å². The Balaban J connectivity index is 3.90. The Bertz CT molecular complexity index is 184. The average Bonchev–Trinajstić information content (AvgIpc) is 1.95. The van der Waals surface area contributed by atoms with E-state index in [-0.39, 0.29) is 18.0 Å². The summed E-state index contributed by atoms with van der Waals surface area (Å²) in [4.78, 5) is 20.8. The molecule has 1 atom stereocenters. The van der Waals surface area contributed by atoms with Gasteiger partial charge in [-0.3, -0.25) is 4.79 Å². The van der Waals surface area contributed by atoms with E-state index in [2.05, 4.69) is 5.32 Å². The largest absolute Gasteiger partial charge is 0.481 e. The van der Waals surface area contributed by atoms with Crippen molar-refractivity contribution in [3.05, 3.63) is 0 Å². The van der Waals surface area contributed by atoms with Crippen LogP contribution in [0.1, 0.15) is 33.6 Å². The third-order valence-electron chi connectivity index (χ3n) is 1.45. The Morgan fingerprint density at radius 3 is 2.38 bits per heavy atom. The fourth-order valence-corrected chi connectivity index (χ4v) is 1.01. The first-order valence-electron chi connectivity index (χ1n) is 4.30. The number of carbonyl (C=O) groups excluding carboxylic acids is 1. The molecule has 4 heteroatoms. The zero-order chi connectivity index (χ0) is 10.5. The van der Waals surface area contributed by atoms with E-state index in [1.165, 1.54) is 0 Å². The highest BCUT2D eigenvalue weighted by atomic mass is 16.4. The summed E-state index contributed by atoms with van der Waals surface area (Å²) in [6, 6.07) is -0.365. The molecule has 76 valence electrons. The van der Waals surface area contributed by atoms with Crippen LogP contribution in [0.4, 0.5) is 0 Å². The summed E-state index contributed by atoms with van der Waals surface area (Å²) in [7, 11) is 0. The van der Waals surface area contributed by atoms with Crippen molar-refractivity contribution in [1.82, 2.24) is 5.32 Å². The van der Waals surface area contributed by atoms with Crippen molar-refractivity contribution in [3.8, 4) is 0 Å². The van der Waals surface area contributed by atoms with E-state index in [0.717, 1.165) is 6.29 Å². The third-order valence-corrected chi connectivity index (χ3v) is 1.45. The van der Waals surface area contributed by atoms with E-state index < -0.39 is 5.97 Å². The maximum atomic E-state index is 10.5. The monoisotopic (exact) mass is 187 g/mol. The summed E-state index contributed by atoms with van der Waals surface area (Å²) < 4.78 is 0. The van der Waals surface area contributed by atoms with Gasteiger partial charge in [0.1, 0.15) is 6.29 Å². The molecule has 0 spiro atoms. The quantitative estimate of drug-likeness (QED) is 0.625. The number of hydrogen-bond acceptors (Lipinski definition) is 3. The van der Waals surface area contributed by atoms with E-state index in [4.69, 9.17) is 5.11 Å². The number of nitrogens with one attached hydrogen (secondary N) is 1. The average molecular weight is 187 g/mol. The minimum atomic E-state index is -0.873. The van der Waals surface area contributed by atoms with Gasteiger partial charge in [-0.1, -0.05) is 0 Å². The van der Waals surface area contributed by atoms with Gasteiger partial charge in [-0.2, -0.15) is 0 Å². The molecule has 0 unspecified atom stereocenters. The number of carbonyl (C=O) groups is 2. The highest BCUT2D eigenvalue weighted by molar-refractivity contribution is 5.68. The lowest BCUT2D eigenvalue weighted by atomic mass is 10.1. The fourth-order valence-electron chi connectivity index (χ4n) is 1.01. The van der Waals surface area contributed by atoms with Gasteiger partial charge in [-0.25, -0.2) is 0 Å². The van der Waals surface area contributed by atoms with Crippen LogP contribution in [-0.4, -0.2) is 28.9 Å². The molecule has 0 aliphatic carbocycles. The lowest BCUT2D eigenvalue weighted by Gasteiger charge is -2.24. The number of rotatable bonds is 5. The fraction of sp³-hybridized carbons (Fsp3) is 0.778. The zero-order valence-corrected chi connectivity index (χ0v) is 8.33. The zero-order valence-electron chi connectivity index (χ0n) is 8.33. The first-order chi connectivity index (χ1) is 5.85. The first-order valence-corrected chi connectivity index (χ1v) is 4.30. The highest BCUT2D eigenvalue weighted by Crippen LogP contribution is 2.04. The molecule has 0 saturated carbocycles. The molecule has 4 nitrogen and oxygen atoms in total. The number of hydrogen-bond donors (Lipinski definition) is 2. The topological polar surface area (TPSA) is 66.4 Å². The van der Waals surface area contributed by atoms with Crippen molar-refractivity contribution in [3.63, 3.8) is 0 Å². The van der Waals surface area contributed by atoms with Gasteiger partial charge in [0.25, 0.3) is 0 Å². The van der Waals surface area contributed by atoms with E-state index in [1.54, 1.807) is 0 Å². The van der Waals surface area contributed by atoms with E-state index in [0.29, 0.717) is 6.42 Å². The van der Waals surface area contributed by atoms with Crippen molar-refractivity contribution in [2.24, 2.45) is 0 Å². The Morgan fingerprint density at radius 2 is 2.08 bits per heavy atom. The summed E-state index contributed by atoms with van der Waals surface area (Å²) in [5.74, 6) is -0.873. The summed E-state index contributed by atoms with van der Waals surface area (Å²) in [6.07, 6.45) is 1.12. The summed E-state index contributed by atoms with van der Waals surface area (Å²) in [6.45, 7) is 5.80. The molecule has 0 aromatic carbocycles. The number of carboxylic acid groups (broad SMARTS) is 1. The molecule has 0 amide bonds. The second-order valence-corrected chi connectivity index (χ2v) is 4.07. The van der Waals surface area contributed by atoms with Crippen LogP contribution in [0, 0.1) is 0 Å². The SMILES string of the molecule is CC(C)(C)N[C@H](C=O)CCC(=O)O. The van der Waals surface area contributed by atoms with Gasteiger partial charge in [0.05, 0.1) is 6.04 Å². The molecular formula is C9H17NO3. The van der Waals surface area contributed by atoms with Crippen LogP contribution in [-0.2, 0) is 9.59 Å². The number of aliphatic carboxylic acids is 1. The summed E-state index contributed by atoms with van der Waals surface area (Å²) in [5.41, 5.74) is -0.163. The highest BCUT2D eigenvalue weighted by Gasteiger charge is 2.16. The van der Waals surface area contributed by atoms with E-state index in [9.17, 15) is 9.59 Å². The van der Waals surface area contributed by atoms with E-state index >= 15 is 0 Å². The van der Waals surface area contributed by atoms with Gasteiger partial charge in [-0.05, 0) is 27.2 Å². The second kappa shape index (κ2) is 4.97. The Hall–Kier alpha value is -0.900. The van der Waals surface area contributed by atoms with Crippen molar-refractivity contribution in [2.75, 3.05) is 0 Å². The van der Waals surface area contributed by atoms with Crippen LogP contribution >= 0.6 is 0 Å². The molecule has 0 heterocycles. The Labute approximate surface area is 78.3 Å². The molecule has 0 rings (SSSR count). The molecule has 0 radical (unpaired) electrons. The van der Waals surface area contributed by atoms with Crippen LogP contribution in [0.2, 0.25) is 0 Å². The lowest BCUT2D eigenvalue weighted by Crippen LogP contribution is -2.44. The van der Waals surface area contributed by atoms with Gasteiger partial charge in [-0.15, -0.1) is 0 Å². The molecule has 0 fully saturated rings. The molecular weight excluding hydrogens is 170 g/mol. The molecule has 0 aromatic rings. The van der Waals surface area contributed by atoms with Crippen molar-refractivity contribution in [1.29, 1.82) is 0 Å². The standard InChI is InChI=1S/C9H17NO3/c1-9(2,3)10-7(6-11)4-5-8(12)13/h6-7,10H,4-5H2,1-3H3,(H,12,13)/t7-/m0/s1. The molecule has 0 aromatic heterocycles. The van der Waals surface area contributed by atoms with Crippen LogP contribution in [0.25, 0.3) is 0 Å². The Kier molecular flexibility index (Phi) is 4.62. The minimum absolute atomic E-state index is 0.0203. The summed E-state index contributed by atoms with van der Waals surface area (Å²) >= 11 is 0. The van der Waals surface area contributed by atoms with Crippen molar-refractivity contribution in [2.45, 2.75) is 45.2 Å². The molecule has 0 bridgehead atoms. The minimum Gasteiger partial charge on any atom is -0.481 e. The first kappa shape index (κ1) is 12.1. The maximum absolute atomic E-state index is 10.5. The maximum Gasteiger partial charge on any atom is 0.303 e. The third kappa shape index (κ3) is 7.46. The second-order valence-electron chi connectivity index (χ2n) is 4.07. The molecule has 13 heavy (non-hydrogen) atoms. The molecule has 0 saturated heterocycles. The van der Waals surface area contributed by atoms with Crippen LogP contribution in [0.5, 0.6) is 0 Å². The predicted molar refractivity (Wildman–Crippen MR) is 49.6 cm³/mol. The summed E-state index contributed by atoms with van der Waals surface area (Å²) in [5, 5.41) is 11.4. The molecule has 0 aliphatic rings. The Morgan fingerprint density at radius 1 is 1.54 bits per heavy atom. The van der Waals surface area contributed by atoms with Crippen LogP contribution in [0.3, 0.4) is 0 Å².